The lowest BCUT2D eigenvalue weighted by Gasteiger charge is -2.06. The number of nitrogens with zero attached hydrogens (tertiary/aromatic N) is 1. The first-order valence-corrected chi connectivity index (χ1v) is 6.11. The Morgan fingerprint density at radius 1 is 1.47 bits per heavy atom. The molecule has 0 aliphatic carbocycles. The first-order valence-electron chi connectivity index (χ1n) is 5.23. The fourth-order valence-electron chi connectivity index (χ4n) is 1.50. The van der Waals surface area contributed by atoms with E-state index in [1.165, 1.54) is 12.3 Å². The third-order valence-electron chi connectivity index (χ3n) is 2.42. The van der Waals surface area contributed by atoms with E-state index in [-0.39, 0.29) is 16.1 Å². The fraction of sp³-hybridized carbons (Fsp3) is 0.0833. The van der Waals surface area contributed by atoms with E-state index in [1.54, 1.807) is 12.3 Å². The number of carboxylic acids is 1. The Balaban J connectivity index is 2.32. The predicted molar refractivity (Wildman–Crippen MR) is 68.2 cm³/mol. The number of hydrogen-bond acceptors (Lipinski definition) is 4. The molecule has 0 aliphatic heterocycles. The topological polar surface area (TPSA) is 79.3 Å². The Morgan fingerprint density at radius 2 is 2.21 bits per heavy atom. The molecule has 0 unspecified atom stereocenters. The Hall–Kier alpha value is -2.28. The Labute approximate surface area is 111 Å². The minimum Gasteiger partial charge on any atom is -0.477 e. The molecule has 19 heavy (non-hydrogen) atoms. The van der Waals surface area contributed by atoms with Gasteiger partial charge in [0.05, 0.1) is 17.4 Å². The summed E-state index contributed by atoms with van der Waals surface area (Å²) in [6.07, 6.45) is 2.21. The van der Waals surface area contributed by atoms with E-state index in [2.05, 4.69) is 10.3 Å². The van der Waals surface area contributed by atoms with Crippen molar-refractivity contribution in [2.75, 3.05) is 5.32 Å². The molecule has 0 bridgehead atoms. The maximum absolute atomic E-state index is 13.4. The number of nitrogens with one attached hydrogen (secondary N) is 1. The smallest absolute Gasteiger partial charge is 0.348 e. The molecule has 0 aromatic carbocycles. The lowest BCUT2D eigenvalue weighted by Crippen LogP contribution is -2.15. The Kier molecular flexibility index (Phi) is 3.57. The monoisotopic (exact) mass is 280 g/mol. The summed E-state index contributed by atoms with van der Waals surface area (Å²) in [4.78, 5) is 26.4. The van der Waals surface area contributed by atoms with Crippen LogP contribution in [-0.4, -0.2) is 22.0 Å². The van der Waals surface area contributed by atoms with Crippen LogP contribution < -0.4 is 5.32 Å². The summed E-state index contributed by atoms with van der Waals surface area (Å²) in [7, 11) is 0. The highest BCUT2D eigenvalue weighted by atomic mass is 32.1. The first kappa shape index (κ1) is 13.2. The van der Waals surface area contributed by atoms with Crippen molar-refractivity contribution < 1.29 is 19.1 Å². The molecule has 2 aromatic rings. The van der Waals surface area contributed by atoms with Crippen LogP contribution in [-0.2, 0) is 0 Å². The van der Waals surface area contributed by atoms with Gasteiger partial charge in [0.2, 0.25) is 0 Å². The molecule has 2 N–H and O–H groups in total. The van der Waals surface area contributed by atoms with Crippen LogP contribution in [0.1, 0.15) is 25.6 Å². The molecule has 7 heteroatoms. The van der Waals surface area contributed by atoms with Crippen molar-refractivity contribution in [2.45, 2.75) is 6.92 Å². The molecule has 0 saturated carbocycles. The van der Waals surface area contributed by atoms with Gasteiger partial charge in [-0.3, -0.25) is 9.78 Å². The van der Waals surface area contributed by atoms with Crippen LogP contribution in [0.25, 0.3) is 0 Å². The number of rotatable bonds is 3. The summed E-state index contributed by atoms with van der Waals surface area (Å²) >= 11 is 1.01. The summed E-state index contributed by atoms with van der Waals surface area (Å²) in [5.74, 6) is -2.60. The standard InChI is InChI=1S/C12H9FN2O3S/c1-6-5-19-10(12(17)18)9(6)15-11(16)7-2-3-14-4-8(7)13/h2-5H,1H3,(H,15,16)(H,17,18). The first-order chi connectivity index (χ1) is 9.00. The molecule has 0 radical (unpaired) electrons. The maximum Gasteiger partial charge on any atom is 0.348 e. The highest BCUT2D eigenvalue weighted by Crippen LogP contribution is 2.28. The zero-order chi connectivity index (χ0) is 14.0. The number of halogens is 1. The minimum atomic E-state index is -1.14. The van der Waals surface area contributed by atoms with Gasteiger partial charge in [-0.05, 0) is 23.9 Å². The minimum absolute atomic E-state index is 0.0142. The van der Waals surface area contributed by atoms with Gasteiger partial charge in [-0.25, -0.2) is 9.18 Å². The van der Waals surface area contributed by atoms with Crippen molar-refractivity contribution in [1.29, 1.82) is 0 Å². The number of hydrogen-bond donors (Lipinski definition) is 2. The average molecular weight is 280 g/mol. The molecule has 2 rings (SSSR count). The van der Waals surface area contributed by atoms with Crippen molar-refractivity contribution in [3.8, 4) is 0 Å². The quantitative estimate of drug-likeness (QED) is 0.905. The fourth-order valence-corrected chi connectivity index (χ4v) is 2.34. The van der Waals surface area contributed by atoms with Crippen LogP contribution in [0.3, 0.4) is 0 Å². The number of amides is 1. The molecular weight excluding hydrogens is 271 g/mol. The molecule has 0 spiro atoms. The van der Waals surface area contributed by atoms with Crippen LogP contribution in [0.4, 0.5) is 10.1 Å². The molecule has 1 amide bonds. The highest BCUT2D eigenvalue weighted by Gasteiger charge is 2.19. The largest absolute Gasteiger partial charge is 0.477 e. The Bertz CT molecular complexity index is 654. The van der Waals surface area contributed by atoms with Gasteiger partial charge in [-0.15, -0.1) is 11.3 Å². The predicted octanol–water partition coefficient (Wildman–Crippen LogP) is 2.54. The molecular formula is C12H9FN2O3S. The number of anilines is 1. The second-order valence-corrected chi connectivity index (χ2v) is 4.62. The summed E-state index contributed by atoms with van der Waals surface area (Å²) in [6.45, 7) is 1.67. The highest BCUT2D eigenvalue weighted by molar-refractivity contribution is 7.12. The van der Waals surface area contributed by atoms with E-state index >= 15 is 0 Å². The number of carboxylic acid groups (broad SMARTS) is 1. The third-order valence-corrected chi connectivity index (χ3v) is 3.51. The number of aryl methyl sites for hydroxylation is 1. The molecule has 2 heterocycles. The lowest BCUT2D eigenvalue weighted by atomic mass is 10.2. The van der Waals surface area contributed by atoms with Crippen LogP contribution >= 0.6 is 11.3 Å². The van der Waals surface area contributed by atoms with Gasteiger partial charge in [-0.1, -0.05) is 0 Å². The van der Waals surface area contributed by atoms with Crippen LogP contribution in [0.5, 0.6) is 0 Å². The zero-order valence-corrected chi connectivity index (χ0v) is 10.6. The van der Waals surface area contributed by atoms with E-state index in [0.717, 1.165) is 17.5 Å². The van der Waals surface area contributed by atoms with Crippen molar-refractivity contribution >= 4 is 28.9 Å². The number of aromatic carboxylic acids is 1. The number of carbonyl (C=O) groups excluding carboxylic acids is 1. The van der Waals surface area contributed by atoms with Gasteiger partial charge >= 0.3 is 5.97 Å². The van der Waals surface area contributed by atoms with E-state index in [4.69, 9.17) is 5.11 Å². The van der Waals surface area contributed by atoms with Crippen LogP contribution in [0.2, 0.25) is 0 Å². The van der Waals surface area contributed by atoms with E-state index < -0.39 is 17.7 Å². The van der Waals surface area contributed by atoms with Crippen molar-refractivity contribution in [1.82, 2.24) is 4.98 Å². The van der Waals surface area contributed by atoms with Gasteiger partial charge in [-0.2, -0.15) is 0 Å². The van der Waals surface area contributed by atoms with E-state index in [0.29, 0.717) is 5.56 Å². The number of carbonyl (C=O) groups is 2. The van der Waals surface area contributed by atoms with Gasteiger partial charge in [0.1, 0.15) is 4.88 Å². The Morgan fingerprint density at radius 3 is 2.84 bits per heavy atom. The molecule has 0 saturated heterocycles. The zero-order valence-electron chi connectivity index (χ0n) is 9.81. The van der Waals surface area contributed by atoms with Gasteiger partial charge in [0, 0.05) is 6.20 Å². The second kappa shape index (κ2) is 5.15. The normalized spacial score (nSPS) is 10.2. The number of pyridine rings is 1. The second-order valence-electron chi connectivity index (χ2n) is 3.74. The maximum atomic E-state index is 13.4. The van der Waals surface area contributed by atoms with Gasteiger partial charge in [0.25, 0.3) is 5.91 Å². The summed E-state index contributed by atoms with van der Waals surface area (Å²) in [5.41, 5.74) is 0.626. The van der Waals surface area contributed by atoms with Gasteiger partial charge < -0.3 is 10.4 Å². The van der Waals surface area contributed by atoms with E-state index in [9.17, 15) is 14.0 Å². The number of thiophene rings is 1. The third kappa shape index (κ3) is 2.60. The molecule has 5 nitrogen and oxygen atoms in total. The molecule has 98 valence electrons. The van der Waals surface area contributed by atoms with Gasteiger partial charge in [0.15, 0.2) is 5.82 Å². The average Bonchev–Trinajstić information content (AvgIpc) is 2.71. The molecule has 0 aliphatic rings. The lowest BCUT2D eigenvalue weighted by molar-refractivity contribution is 0.0703. The van der Waals surface area contributed by atoms with Crippen molar-refractivity contribution in [3.05, 3.63) is 45.7 Å². The summed E-state index contributed by atoms with van der Waals surface area (Å²) in [6, 6.07) is 1.23. The van der Waals surface area contributed by atoms with Crippen molar-refractivity contribution in [2.24, 2.45) is 0 Å². The number of aromatic nitrogens is 1. The molecule has 0 atom stereocenters. The molecule has 0 fully saturated rings. The van der Waals surface area contributed by atoms with Crippen LogP contribution in [0, 0.1) is 12.7 Å². The summed E-state index contributed by atoms with van der Waals surface area (Å²) < 4.78 is 13.4. The SMILES string of the molecule is Cc1csc(C(=O)O)c1NC(=O)c1ccncc1F. The summed E-state index contributed by atoms with van der Waals surface area (Å²) in [5, 5.41) is 13.0. The van der Waals surface area contributed by atoms with E-state index in [1.807, 2.05) is 0 Å². The molecule has 2 aromatic heterocycles. The van der Waals surface area contributed by atoms with Crippen molar-refractivity contribution in [3.63, 3.8) is 0 Å². The van der Waals surface area contributed by atoms with Crippen LogP contribution in [0.15, 0.2) is 23.8 Å².